The fourth-order valence-corrected chi connectivity index (χ4v) is 5.07. The molecule has 0 spiro atoms. The number of hydrogen-bond acceptors (Lipinski definition) is 6. The maximum atomic E-state index is 12.9. The molecule has 1 amide bonds. The van der Waals surface area contributed by atoms with E-state index in [-0.39, 0.29) is 5.91 Å². The van der Waals surface area contributed by atoms with Crippen LogP contribution in [0.2, 0.25) is 5.02 Å². The Bertz CT molecular complexity index is 1300. The zero-order valence-corrected chi connectivity index (χ0v) is 18.5. The maximum absolute atomic E-state index is 12.9. The molecule has 5 rings (SSSR count). The largest absolute Gasteiger partial charge is 0.426 e. The number of nitrogens with zero attached hydrogens (tertiary/aromatic N) is 3. The van der Waals surface area contributed by atoms with Gasteiger partial charge in [0.2, 0.25) is 0 Å². The molecule has 0 N–H and O–H groups in total. The number of thiazole rings is 1. The van der Waals surface area contributed by atoms with E-state index in [1.165, 1.54) is 11.3 Å². The summed E-state index contributed by atoms with van der Waals surface area (Å²) in [6.07, 6.45) is 5.88. The summed E-state index contributed by atoms with van der Waals surface area (Å²) in [6, 6.07) is 7.35. The lowest BCUT2D eigenvalue weighted by molar-refractivity contribution is -0.128. The molecule has 158 valence electrons. The van der Waals surface area contributed by atoms with E-state index >= 15 is 0 Å². The number of para-hydroxylation sites is 1. The molecule has 1 aromatic carbocycles. The minimum atomic E-state index is -0.440. The predicted octanol–water partition coefficient (Wildman–Crippen LogP) is 3.84. The van der Waals surface area contributed by atoms with Gasteiger partial charge in [-0.05, 0) is 31.3 Å². The number of piperazine rings is 1. The lowest BCUT2D eigenvalue weighted by Crippen LogP contribution is -2.47. The smallest absolute Gasteiger partial charge is 0.346 e. The second-order valence-electron chi connectivity index (χ2n) is 7.72. The van der Waals surface area contributed by atoms with E-state index in [0.29, 0.717) is 52.0 Å². The normalized spacial score (nSPS) is 16.8. The van der Waals surface area contributed by atoms with E-state index in [2.05, 4.69) is 16.9 Å². The molecule has 1 aliphatic carbocycles. The van der Waals surface area contributed by atoms with Gasteiger partial charge in [-0.1, -0.05) is 29.8 Å². The molecule has 3 heterocycles. The van der Waals surface area contributed by atoms with E-state index in [4.69, 9.17) is 16.0 Å². The number of halogens is 1. The average molecular weight is 454 g/mol. The van der Waals surface area contributed by atoms with Crippen LogP contribution in [0.3, 0.4) is 0 Å². The molecule has 1 aliphatic heterocycles. The van der Waals surface area contributed by atoms with Crippen molar-refractivity contribution < 1.29 is 9.21 Å². The molecular formula is C23H20ClN3O3S. The van der Waals surface area contributed by atoms with Crippen LogP contribution >= 0.6 is 22.9 Å². The van der Waals surface area contributed by atoms with Crippen LogP contribution in [0.15, 0.2) is 51.2 Å². The van der Waals surface area contributed by atoms with E-state index in [0.717, 1.165) is 23.4 Å². The van der Waals surface area contributed by atoms with Gasteiger partial charge in [0.1, 0.15) is 16.3 Å². The lowest BCUT2D eigenvalue weighted by Gasteiger charge is -2.32. The minimum Gasteiger partial charge on any atom is -0.426 e. The van der Waals surface area contributed by atoms with Crippen LogP contribution in [0.1, 0.15) is 11.3 Å². The summed E-state index contributed by atoms with van der Waals surface area (Å²) in [5, 5.41) is 1.12. The highest BCUT2D eigenvalue weighted by atomic mass is 35.5. The number of benzene rings is 1. The van der Waals surface area contributed by atoms with Crippen LogP contribution in [0.5, 0.6) is 0 Å². The van der Waals surface area contributed by atoms with E-state index < -0.39 is 5.63 Å². The first-order chi connectivity index (χ1) is 15.0. The molecule has 0 saturated carbocycles. The first-order valence-corrected chi connectivity index (χ1v) is 11.3. The summed E-state index contributed by atoms with van der Waals surface area (Å²) < 4.78 is 6.54. The maximum Gasteiger partial charge on any atom is 0.346 e. The van der Waals surface area contributed by atoms with Crippen molar-refractivity contribution in [3.63, 3.8) is 0 Å². The Hall–Kier alpha value is -2.74. The summed E-state index contributed by atoms with van der Waals surface area (Å²) in [6.45, 7) is 3.17. The molecule has 3 aromatic rings. The molecule has 0 unspecified atom stereocenters. The van der Waals surface area contributed by atoms with Crippen LogP contribution in [0.4, 0.5) is 0 Å². The fourth-order valence-electron chi connectivity index (χ4n) is 3.80. The van der Waals surface area contributed by atoms with E-state index in [1.54, 1.807) is 12.1 Å². The van der Waals surface area contributed by atoms with Gasteiger partial charge in [-0.25, -0.2) is 9.78 Å². The Morgan fingerprint density at radius 3 is 2.77 bits per heavy atom. The molecule has 31 heavy (non-hydrogen) atoms. The zero-order valence-electron chi connectivity index (χ0n) is 16.9. The van der Waals surface area contributed by atoms with Gasteiger partial charge >= 0.3 is 5.63 Å². The van der Waals surface area contributed by atoms with Gasteiger partial charge in [-0.3, -0.25) is 4.79 Å². The van der Waals surface area contributed by atoms with Crippen LogP contribution in [-0.2, 0) is 11.2 Å². The SMILES string of the molecule is CN1CCN(C(=O)C2=CCc3oc(=O)c(-c4nc5c(Cl)cccc5s4)cc3C=C2)CC1. The van der Waals surface area contributed by atoms with E-state index in [1.807, 2.05) is 35.3 Å². The Balaban J connectivity index is 1.46. The third-order valence-electron chi connectivity index (χ3n) is 5.65. The molecule has 2 aromatic heterocycles. The number of carbonyl (C=O) groups is 1. The van der Waals surface area contributed by atoms with Gasteiger partial charge in [0.05, 0.1) is 15.3 Å². The average Bonchev–Trinajstić information content (AvgIpc) is 3.10. The number of amides is 1. The minimum absolute atomic E-state index is 0.0144. The Labute approximate surface area is 188 Å². The molecule has 0 radical (unpaired) electrons. The molecule has 8 heteroatoms. The number of fused-ring (bicyclic) bond motifs is 2. The van der Waals surface area contributed by atoms with Crippen molar-refractivity contribution in [2.24, 2.45) is 0 Å². The van der Waals surface area contributed by atoms with Gasteiger partial charge in [0.15, 0.2) is 0 Å². The Morgan fingerprint density at radius 1 is 1.19 bits per heavy atom. The first kappa shape index (κ1) is 20.2. The Morgan fingerprint density at radius 2 is 2.00 bits per heavy atom. The first-order valence-electron chi connectivity index (χ1n) is 10.1. The Kier molecular flexibility index (Phi) is 5.25. The molecule has 1 fully saturated rings. The number of hydrogen-bond donors (Lipinski definition) is 0. The molecular weight excluding hydrogens is 434 g/mol. The number of carbonyl (C=O) groups excluding carboxylic acids is 1. The third kappa shape index (κ3) is 3.84. The van der Waals surface area contributed by atoms with Crippen molar-refractivity contribution >= 4 is 45.1 Å². The quantitative estimate of drug-likeness (QED) is 0.589. The van der Waals surface area contributed by atoms with Crippen LogP contribution < -0.4 is 5.63 Å². The van der Waals surface area contributed by atoms with Crippen molar-refractivity contribution in [1.29, 1.82) is 0 Å². The highest BCUT2D eigenvalue weighted by Crippen LogP contribution is 2.33. The monoisotopic (exact) mass is 453 g/mol. The van der Waals surface area contributed by atoms with Gasteiger partial charge in [-0.2, -0.15) is 0 Å². The number of likely N-dealkylation sites (N-methyl/N-ethyl adjacent to an activating group) is 1. The fraction of sp³-hybridized carbons (Fsp3) is 0.261. The summed E-state index contributed by atoms with van der Waals surface area (Å²) >= 11 is 7.64. The van der Waals surface area contributed by atoms with Gasteiger partial charge in [0, 0.05) is 43.7 Å². The summed E-state index contributed by atoms with van der Waals surface area (Å²) in [5.41, 5.74) is 2.03. The molecule has 0 atom stereocenters. The van der Waals surface area contributed by atoms with E-state index in [9.17, 15) is 9.59 Å². The second kappa shape index (κ2) is 8.07. The molecule has 6 nitrogen and oxygen atoms in total. The highest BCUT2D eigenvalue weighted by molar-refractivity contribution is 7.21. The van der Waals surface area contributed by atoms with Crippen molar-refractivity contribution in [1.82, 2.24) is 14.8 Å². The van der Waals surface area contributed by atoms with Gasteiger partial charge in [0.25, 0.3) is 5.91 Å². The summed E-state index contributed by atoms with van der Waals surface area (Å²) in [4.78, 5) is 34.3. The lowest BCUT2D eigenvalue weighted by atomic mass is 10.1. The summed E-state index contributed by atoms with van der Waals surface area (Å²) in [7, 11) is 2.06. The van der Waals surface area contributed by atoms with Crippen molar-refractivity contribution in [2.75, 3.05) is 33.2 Å². The topological polar surface area (TPSA) is 66.7 Å². The zero-order chi connectivity index (χ0) is 21.5. The van der Waals surface area contributed by atoms with Crippen molar-refractivity contribution in [3.05, 3.63) is 68.8 Å². The third-order valence-corrected chi connectivity index (χ3v) is 7.00. The predicted molar refractivity (Wildman–Crippen MR) is 124 cm³/mol. The van der Waals surface area contributed by atoms with Crippen molar-refractivity contribution in [2.45, 2.75) is 6.42 Å². The molecule has 1 saturated heterocycles. The van der Waals surface area contributed by atoms with Gasteiger partial charge in [-0.15, -0.1) is 11.3 Å². The highest BCUT2D eigenvalue weighted by Gasteiger charge is 2.23. The number of rotatable bonds is 2. The van der Waals surface area contributed by atoms with Crippen LogP contribution in [-0.4, -0.2) is 53.9 Å². The van der Waals surface area contributed by atoms with Crippen LogP contribution in [0.25, 0.3) is 26.9 Å². The number of aromatic nitrogens is 1. The number of allylic oxidation sites excluding steroid dienone is 1. The second-order valence-corrected chi connectivity index (χ2v) is 9.16. The summed E-state index contributed by atoms with van der Waals surface area (Å²) in [5.74, 6) is 0.561. The van der Waals surface area contributed by atoms with Crippen LogP contribution in [0, 0.1) is 0 Å². The molecule has 2 aliphatic rings. The standard InChI is InChI=1S/C23H20ClN3O3S/c1-26-9-11-27(12-10-26)22(28)14-5-6-15-13-16(23(29)30-18(15)8-7-14)21-25-20-17(24)3-2-4-19(20)31-21/h2-7,13H,8-12H2,1H3. The molecule has 0 bridgehead atoms. The van der Waals surface area contributed by atoms with Gasteiger partial charge < -0.3 is 14.2 Å². The van der Waals surface area contributed by atoms with Crippen molar-refractivity contribution in [3.8, 4) is 10.6 Å².